The number of nitrogens with zero attached hydrogens (tertiary/aromatic N) is 4. The van der Waals surface area contributed by atoms with Crippen molar-refractivity contribution in [3.05, 3.63) is 41.4 Å². The highest BCUT2D eigenvalue weighted by Gasteiger charge is 2.19. The molecule has 0 unspecified atom stereocenters. The number of aromatic nitrogens is 4. The lowest BCUT2D eigenvalue weighted by Crippen LogP contribution is -2.06. The zero-order valence-corrected chi connectivity index (χ0v) is 12.3. The number of imidazole rings is 1. The third-order valence-corrected chi connectivity index (χ3v) is 3.60. The summed E-state index contributed by atoms with van der Waals surface area (Å²) >= 11 is 5.95. The van der Waals surface area contributed by atoms with Crippen LogP contribution in [0.2, 0.25) is 0 Å². The highest BCUT2D eigenvalue weighted by Crippen LogP contribution is 2.25. The first-order valence-electron chi connectivity index (χ1n) is 6.53. The molecular formula is C14H13ClF2N4. The van der Waals surface area contributed by atoms with Gasteiger partial charge in [-0.1, -0.05) is 0 Å². The van der Waals surface area contributed by atoms with Crippen LogP contribution in [0.3, 0.4) is 0 Å². The minimum absolute atomic E-state index is 0.164. The molecule has 0 spiro atoms. The molecule has 0 saturated carbocycles. The van der Waals surface area contributed by atoms with E-state index in [0.717, 1.165) is 29.0 Å². The lowest BCUT2D eigenvalue weighted by Gasteiger charge is -2.09. The van der Waals surface area contributed by atoms with Gasteiger partial charge in [0.15, 0.2) is 17.3 Å². The first-order valence-corrected chi connectivity index (χ1v) is 7.06. The minimum atomic E-state index is -0.908. The van der Waals surface area contributed by atoms with Gasteiger partial charge in [-0.3, -0.25) is 4.57 Å². The van der Waals surface area contributed by atoms with Gasteiger partial charge < -0.3 is 0 Å². The molecule has 4 nitrogen and oxygen atoms in total. The van der Waals surface area contributed by atoms with Gasteiger partial charge in [0, 0.05) is 12.6 Å². The standard InChI is InChI=1S/C14H13ClF2N4/c1-3-20-14-13(8(2)19-20)18-12(7-15)21(14)9-4-5-10(16)11(17)6-9/h4-6H,3,7H2,1-2H3. The van der Waals surface area contributed by atoms with E-state index in [2.05, 4.69) is 10.1 Å². The fraction of sp³-hybridized carbons (Fsp3) is 0.286. The average Bonchev–Trinajstić information content (AvgIpc) is 2.99. The van der Waals surface area contributed by atoms with E-state index in [9.17, 15) is 8.78 Å². The minimum Gasteiger partial charge on any atom is -0.280 e. The van der Waals surface area contributed by atoms with Gasteiger partial charge in [-0.2, -0.15) is 5.10 Å². The molecule has 3 rings (SSSR count). The number of benzene rings is 1. The number of hydrogen-bond donors (Lipinski definition) is 0. The van der Waals surface area contributed by atoms with Crippen molar-refractivity contribution in [2.45, 2.75) is 26.3 Å². The Kier molecular flexibility index (Phi) is 3.41. The summed E-state index contributed by atoms with van der Waals surface area (Å²) in [6, 6.07) is 3.72. The van der Waals surface area contributed by atoms with Crippen molar-refractivity contribution < 1.29 is 8.78 Å². The summed E-state index contributed by atoms with van der Waals surface area (Å²) in [4.78, 5) is 4.46. The maximum Gasteiger partial charge on any atom is 0.163 e. The molecule has 0 saturated heterocycles. The van der Waals surface area contributed by atoms with E-state index < -0.39 is 11.6 Å². The molecule has 0 fully saturated rings. The van der Waals surface area contributed by atoms with Gasteiger partial charge in [-0.15, -0.1) is 11.6 Å². The van der Waals surface area contributed by atoms with Gasteiger partial charge in [-0.05, 0) is 26.0 Å². The molecule has 0 aliphatic carbocycles. The number of rotatable bonds is 3. The molecule has 0 aliphatic rings. The van der Waals surface area contributed by atoms with Crippen molar-refractivity contribution >= 4 is 22.8 Å². The molecule has 21 heavy (non-hydrogen) atoms. The number of halogens is 3. The molecular weight excluding hydrogens is 298 g/mol. The second-order valence-corrected chi connectivity index (χ2v) is 4.94. The SMILES string of the molecule is CCn1nc(C)c2nc(CCl)n(-c3ccc(F)c(F)c3)c21. The number of alkyl halides is 1. The van der Waals surface area contributed by atoms with Crippen LogP contribution in [0.25, 0.3) is 16.9 Å². The largest absolute Gasteiger partial charge is 0.280 e. The molecule has 110 valence electrons. The monoisotopic (exact) mass is 310 g/mol. The van der Waals surface area contributed by atoms with E-state index in [0.29, 0.717) is 18.1 Å². The van der Waals surface area contributed by atoms with E-state index in [1.54, 1.807) is 9.25 Å². The van der Waals surface area contributed by atoms with Crippen LogP contribution in [-0.2, 0) is 12.4 Å². The second kappa shape index (κ2) is 5.11. The van der Waals surface area contributed by atoms with Crippen molar-refractivity contribution in [1.29, 1.82) is 0 Å². The molecule has 0 amide bonds. The van der Waals surface area contributed by atoms with Crippen LogP contribution in [0.5, 0.6) is 0 Å². The summed E-state index contributed by atoms with van der Waals surface area (Å²) in [7, 11) is 0. The topological polar surface area (TPSA) is 35.6 Å². The second-order valence-electron chi connectivity index (χ2n) is 4.67. The molecule has 0 bridgehead atoms. The predicted octanol–water partition coefficient (Wildman–Crippen LogP) is 3.57. The molecule has 2 aromatic heterocycles. The first kappa shape index (κ1) is 14.0. The molecule has 3 aromatic rings. The summed E-state index contributed by atoms with van der Waals surface area (Å²) < 4.78 is 30.2. The molecule has 1 aromatic carbocycles. The van der Waals surface area contributed by atoms with E-state index >= 15 is 0 Å². The van der Waals surface area contributed by atoms with E-state index in [1.807, 2.05) is 13.8 Å². The maximum atomic E-state index is 13.5. The Hall–Kier alpha value is -1.95. The van der Waals surface area contributed by atoms with Crippen molar-refractivity contribution in [3.8, 4) is 5.69 Å². The van der Waals surface area contributed by atoms with Crippen LogP contribution in [0.1, 0.15) is 18.4 Å². The molecule has 0 N–H and O–H groups in total. The van der Waals surface area contributed by atoms with E-state index in [-0.39, 0.29) is 5.88 Å². The first-order chi connectivity index (χ1) is 10.1. The summed E-state index contributed by atoms with van der Waals surface area (Å²) in [5.41, 5.74) is 2.70. The Morgan fingerprint density at radius 1 is 1.24 bits per heavy atom. The molecule has 7 heteroatoms. The average molecular weight is 311 g/mol. The van der Waals surface area contributed by atoms with Crippen LogP contribution in [0.15, 0.2) is 18.2 Å². The smallest absolute Gasteiger partial charge is 0.163 e. The molecule has 0 radical (unpaired) electrons. The number of aryl methyl sites for hydroxylation is 2. The van der Waals surface area contributed by atoms with Crippen LogP contribution < -0.4 is 0 Å². The lowest BCUT2D eigenvalue weighted by atomic mass is 10.3. The van der Waals surface area contributed by atoms with Crippen LogP contribution in [-0.4, -0.2) is 19.3 Å². The van der Waals surface area contributed by atoms with Crippen LogP contribution >= 0.6 is 11.6 Å². The highest BCUT2D eigenvalue weighted by molar-refractivity contribution is 6.17. The lowest BCUT2D eigenvalue weighted by molar-refractivity contribution is 0.508. The van der Waals surface area contributed by atoms with Gasteiger partial charge in [-0.25, -0.2) is 18.4 Å². The van der Waals surface area contributed by atoms with Gasteiger partial charge in [0.25, 0.3) is 0 Å². The fourth-order valence-electron chi connectivity index (χ4n) is 2.42. The Balaban J connectivity index is 2.36. The Morgan fingerprint density at radius 2 is 2.00 bits per heavy atom. The van der Waals surface area contributed by atoms with E-state index in [1.165, 1.54) is 6.07 Å². The summed E-state index contributed by atoms with van der Waals surface area (Å²) in [5.74, 6) is -1.06. The van der Waals surface area contributed by atoms with Gasteiger partial charge >= 0.3 is 0 Å². The summed E-state index contributed by atoms with van der Waals surface area (Å²) in [6.45, 7) is 4.45. The zero-order chi connectivity index (χ0) is 15.1. The third kappa shape index (κ3) is 2.10. The number of hydrogen-bond acceptors (Lipinski definition) is 2. The van der Waals surface area contributed by atoms with Gasteiger partial charge in [0.2, 0.25) is 0 Å². The van der Waals surface area contributed by atoms with Crippen molar-refractivity contribution in [1.82, 2.24) is 19.3 Å². The summed E-state index contributed by atoms with van der Waals surface area (Å²) in [6.07, 6.45) is 0. The maximum absolute atomic E-state index is 13.5. The van der Waals surface area contributed by atoms with Gasteiger partial charge in [0.1, 0.15) is 11.3 Å². The fourth-order valence-corrected chi connectivity index (χ4v) is 2.60. The highest BCUT2D eigenvalue weighted by atomic mass is 35.5. The predicted molar refractivity (Wildman–Crippen MR) is 76.7 cm³/mol. The zero-order valence-electron chi connectivity index (χ0n) is 11.6. The Labute approximate surface area is 125 Å². The Morgan fingerprint density at radius 3 is 2.62 bits per heavy atom. The Bertz CT molecular complexity index is 822. The van der Waals surface area contributed by atoms with Crippen LogP contribution in [0.4, 0.5) is 8.78 Å². The van der Waals surface area contributed by atoms with Crippen molar-refractivity contribution in [2.75, 3.05) is 0 Å². The molecule has 0 aliphatic heterocycles. The van der Waals surface area contributed by atoms with E-state index in [4.69, 9.17) is 11.6 Å². The van der Waals surface area contributed by atoms with Crippen LogP contribution in [0, 0.1) is 18.6 Å². The quantitative estimate of drug-likeness (QED) is 0.693. The number of fused-ring (bicyclic) bond motifs is 1. The van der Waals surface area contributed by atoms with Crippen molar-refractivity contribution in [2.24, 2.45) is 0 Å². The third-order valence-electron chi connectivity index (χ3n) is 3.36. The van der Waals surface area contributed by atoms with Gasteiger partial charge in [0.05, 0.1) is 17.3 Å². The summed E-state index contributed by atoms with van der Waals surface area (Å²) in [5, 5.41) is 4.39. The van der Waals surface area contributed by atoms with Crippen molar-refractivity contribution in [3.63, 3.8) is 0 Å². The normalized spacial score (nSPS) is 11.5. The molecule has 0 atom stereocenters. The molecule has 2 heterocycles.